The molecule has 1 N–H and O–H groups in total. The predicted molar refractivity (Wildman–Crippen MR) is 119 cm³/mol. The average molecular weight is 481 g/mol. The molecule has 10 heteroatoms. The number of aromatic nitrogens is 2. The van der Waals surface area contributed by atoms with Crippen molar-refractivity contribution in [2.45, 2.75) is 51.3 Å². The van der Waals surface area contributed by atoms with E-state index >= 15 is 0 Å². The zero-order chi connectivity index (χ0) is 25.5. The van der Waals surface area contributed by atoms with Gasteiger partial charge < -0.3 is 9.84 Å². The number of benzene rings is 2. The largest absolute Gasteiger partial charge is 0.496 e. The van der Waals surface area contributed by atoms with Crippen LogP contribution < -0.4 is 4.74 Å². The fourth-order valence-corrected chi connectivity index (χ4v) is 3.93. The van der Waals surface area contributed by atoms with Crippen LogP contribution in [0.2, 0.25) is 0 Å². The molecular weight excluding hydrogens is 457 g/mol. The molecule has 5 nitrogen and oxygen atoms in total. The van der Waals surface area contributed by atoms with E-state index in [2.05, 4.69) is 15.0 Å². The van der Waals surface area contributed by atoms with E-state index < -0.39 is 40.8 Å². The minimum atomic E-state index is -5.12. The maximum Gasteiger partial charge on any atom is 0.422 e. The standard InChI is InChI=1S/C24H24F5N3O2/c1-13-7-6-8-16(21(13)34-5)22(3,4)11-23(33,24(27,28)29)12-31-18-9-17(25)19(26)20-15(18)10-30-14(2)32-20/h6-10,12,33H,11H2,1-5H3. The third kappa shape index (κ3) is 4.72. The molecule has 0 bridgehead atoms. The molecule has 0 amide bonds. The number of hydrogen-bond acceptors (Lipinski definition) is 5. The van der Waals surface area contributed by atoms with Crippen molar-refractivity contribution in [1.29, 1.82) is 0 Å². The van der Waals surface area contributed by atoms with Gasteiger partial charge in [-0.2, -0.15) is 13.2 Å². The first-order valence-electron chi connectivity index (χ1n) is 10.3. The van der Waals surface area contributed by atoms with Gasteiger partial charge in [-0.1, -0.05) is 32.0 Å². The SMILES string of the molecule is COc1c(C)cccc1C(C)(C)CC(O)(C=Nc1cc(F)c(F)c2nc(C)ncc12)C(F)(F)F. The van der Waals surface area contributed by atoms with Gasteiger partial charge in [-0.25, -0.2) is 18.7 Å². The summed E-state index contributed by atoms with van der Waals surface area (Å²) in [5.41, 5.74) is -4.19. The van der Waals surface area contributed by atoms with E-state index in [4.69, 9.17) is 4.74 Å². The van der Waals surface area contributed by atoms with E-state index in [1.807, 2.05) is 0 Å². The quantitative estimate of drug-likeness (QED) is 0.352. The van der Waals surface area contributed by atoms with Crippen LogP contribution in [-0.4, -0.2) is 40.2 Å². The highest BCUT2D eigenvalue weighted by Gasteiger charge is 2.55. The third-order valence-electron chi connectivity index (χ3n) is 5.63. The molecule has 0 aliphatic carbocycles. The van der Waals surface area contributed by atoms with Crippen LogP contribution in [0.25, 0.3) is 10.9 Å². The Kier molecular flexibility index (Phi) is 6.67. The average Bonchev–Trinajstić information content (AvgIpc) is 2.74. The molecule has 0 aliphatic rings. The molecule has 0 radical (unpaired) electrons. The summed E-state index contributed by atoms with van der Waals surface area (Å²) in [5, 5.41) is 10.7. The third-order valence-corrected chi connectivity index (χ3v) is 5.63. The van der Waals surface area contributed by atoms with E-state index in [1.54, 1.807) is 39.0 Å². The van der Waals surface area contributed by atoms with Gasteiger partial charge in [0.25, 0.3) is 0 Å². The number of ether oxygens (including phenoxy) is 1. The van der Waals surface area contributed by atoms with Crippen LogP contribution in [0.3, 0.4) is 0 Å². The van der Waals surface area contributed by atoms with E-state index in [0.717, 1.165) is 11.8 Å². The summed E-state index contributed by atoms with van der Waals surface area (Å²) < 4.78 is 75.9. The molecule has 0 spiro atoms. The highest BCUT2D eigenvalue weighted by Crippen LogP contribution is 2.44. The lowest BCUT2D eigenvalue weighted by atomic mass is 9.74. The van der Waals surface area contributed by atoms with Crippen molar-refractivity contribution in [3.8, 4) is 5.75 Å². The smallest absolute Gasteiger partial charge is 0.422 e. The lowest BCUT2D eigenvalue weighted by Gasteiger charge is -2.36. The Morgan fingerprint density at radius 1 is 1.15 bits per heavy atom. The molecule has 3 aromatic rings. The second-order valence-electron chi connectivity index (χ2n) is 8.77. The number of aliphatic imine (C=N–C) groups is 1. The van der Waals surface area contributed by atoms with Crippen molar-refractivity contribution in [3.63, 3.8) is 0 Å². The van der Waals surface area contributed by atoms with Gasteiger partial charge in [-0.15, -0.1) is 0 Å². The number of fused-ring (bicyclic) bond motifs is 1. The van der Waals surface area contributed by atoms with Crippen LogP contribution in [0.1, 0.15) is 37.2 Å². The van der Waals surface area contributed by atoms with Crippen molar-refractivity contribution in [1.82, 2.24) is 9.97 Å². The number of methoxy groups -OCH3 is 1. The monoisotopic (exact) mass is 481 g/mol. The number of rotatable bonds is 6. The molecule has 1 atom stereocenters. The van der Waals surface area contributed by atoms with Crippen molar-refractivity contribution < 1.29 is 31.8 Å². The topological polar surface area (TPSA) is 67.6 Å². The maximum absolute atomic E-state index is 14.2. The molecule has 0 fully saturated rings. The number of aliphatic hydroxyl groups is 1. The van der Waals surface area contributed by atoms with Gasteiger partial charge in [-0.3, -0.25) is 4.99 Å². The van der Waals surface area contributed by atoms with Crippen molar-refractivity contribution in [2.24, 2.45) is 4.99 Å². The maximum atomic E-state index is 14.2. The first kappa shape index (κ1) is 25.5. The number of nitrogens with zero attached hydrogens (tertiary/aromatic N) is 3. The Morgan fingerprint density at radius 3 is 2.44 bits per heavy atom. The Hall–Kier alpha value is -3.14. The summed E-state index contributed by atoms with van der Waals surface area (Å²) in [7, 11) is 1.41. The lowest BCUT2D eigenvalue weighted by Crippen LogP contribution is -2.50. The summed E-state index contributed by atoms with van der Waals surface area (Å²) in [6.45, 7) is 6.29. The first-order valence-corrected chi connectivity index (χ1v) is 10.3. The molecule has 0 aliphatic heterocycles. The minimum Gasteiger partial charge on any atom is -0.496 e. The van der Waals surface area contributed by atoms with E-state index in [1.165, 1.54) is 14.0 Å². The Labute approximate surface area is 193 Å². The molecule has 182 valence electrons. The first-order chi connectivity index (χ1) is 15.7. The van der Waals surface area contributed by atoms with Gasteiger partial charge in [0, 0.05) is 29.4 Å². The Balaban J connectivity index is 2.10. The summed E-state index contributed by atoms with van der Waals surface area (Å²) in [5.74, 6) is -2.04. The van der Waals surface area contributed by atoms with Crippen LogP contribution in [0, 0.1) is 25.5 Å². The van der Waals surface area contributed by atoms with Crippen LogP contribution in [0.4, 0.5) is 27.6 Å². The van der Waals surface area contributed by atoms with Crippen molar-refractivity contribution >= 4 is 22.8 Å². The number of halogens is 5. The molecule has 3 rings (SSSR count). The molecule has 34 heavy (non-hydrogen) atoms. The second kappa shape index (κ2) is 8.90. The van der Waals surface area contributed by atoms with Gasteiger partial charge in [0.15, 0.2) is 17.2 Å². The molecule has 1 unspecified atom stereocenters. The number of hydrogen-bond donors (Lipinski definition) is 1. The molecule has 1 heterocycles. The van der Waals surface area contributed by atoms with Crippen LogP contribution in [0.5, 0.6) is 5.75 Å². The summed E-state index contributed by atoms with van der Waals surface area (Å²) in [4.78, 5) is 11.4. The highest BCUT2D eigenvalue weighted by molar-refractivity contribution is 5.92. The van der Waals surface area contributed by atoms with Gasteiger partial charge in [0.1, 0.15) is 17.1 Å². The number of alkyl halides is 3. The summed E-state index contributed by atoms with van der Waals surface area (Å²) >= 11 is 0. The zero-order valence-electron chi connectivity index (χ0n) is 19.3. The Bertz CT molecular complexity index is 1260. The van der Waals surface area contributed by atoms with E-state index in [0.29, 0.717) is 23.6 Å². The van der Waals surface area contributed by atoms with Gasteiger partial charge >= 0.3 is 6.18 Å². The Morgan fingerprint density at radius 2 is 1.82 bits per heavy atom. The predicted octanol–water partition coefficient (Wildman–Crippen LogP) is 5.90. The lowest BCUT2D eigenvalue weighted by molar-refractivity contribution is -0.234. The van der Waals surface area contributed by atoms with Crippen molar-refractivity contribution in [3.05, 3.63) is 59.0 Å². The zero-order valence-corrected chi connectivity index (χ0v) is 19.3. The summed E-state index contributed by atoms with van der Waals surface area (Å²) in [6, 6.07) is 5.71. The summed E-state index contributed by atoms with van der Waals surface area (Å²) in [6.07, 6.45) is -4.49. The van der Waals surface area contributed by atoms with Crippen molar-refractivity contribution in [2.75, 3.05) is 7.11 Å². The number of aryl methyl sites for hydroxylation is 2. The molecule has 0 saturated carbocycles. The van der Waals surface area contributed by atoms with Crippen LogP contribution >= 0.6 is 0 Å². The molecular formula is C24H24F5N3O2. The minimum absolute atomic E-state index is 0.0927. The van der Waals surface area contributed by atoms with E-state index in [-0.39, 0.29) is 16.9 Å². The second-order valence-corrected chi connectivity index (χ2v) is 8.77. The normalized spacial score (nSPS) is 14.6. The van der Waals surface area contributed by atoms with Crippen LogP contribution in [-0.2, 0) is 5.41 Å². The fourth-order valence-electron chi connectivity index (χ4n) is 3.93. The van der Waals surface area contributed by atoms with E-state index in [9.17, 15) is 27.1 Å². The molecule has 0 saturated heterocycles. The van der Waals surface area contributed by atoms with Gasteiger partial charge in [-0.05, 0) is 31.2 Å². The number of para-hydroxylation sites is 1. The highest BCUT2D eigenvalue weighted by atomic mass is 19.4. The van der Waals surface area contributed by atoms with Gasteiger partial charge in [0.2, 0.25) is 0 Å². The molecule has 2 aromatic carbocycles. The van der Waals surface area contributed by atoms with Crippen LogP contribution in [0.15, 0.2) is 35.5 Å². The molecule has 1 aromatic heterocycles. The van der Waals surface area contributed by atoms with Gasteiger partial charge in [0.05, 0.1) is 12.8 Å². The fraction of sp³-hybridized carbons (Fsp3) is 0.375.